The van der Waals surface area contributed by atoms with E-state index in [1.807, 2.05) is 59.5 Å². The maximum Gasteiger partial charge on any atom is 0.272 e. The number of quaternary nitrogens is 1. The van der Waals surface area contributed by atoms with E-state index in [1.165, 1.54) is 4.90 Å². The van der Waals surface area contributed by atoms with Crippen LogP contribution in [0.2, 0.25) is 0 Å². The number of pyridine rings is 2. The quantitative estimate of drug-likeness (QED) is 0.437. The highest BCUT2D eigenvalue weighted by Gasteiger charge is 2.26. The van der Waals surface area contributed by atoms with E-state index < -0.39 is 0 Å². The molecule has 1 saturated heterocycles. The molecule has 6 heteroatoms. The number of hydrogen-bond donors (Lipinski definition) is 1. The highest BCUT2D eigenvalue weighted by Crippen LogP contribution is 2.33. The number of nitrogens with zero attached hydrogens (tertiary/aromatic N) is 3. The summed E-state index contributed by atoms with van der Waals surface area (Å²) >= 11 is 0. The van der Waals surface area contributed by atoms with Crippen LogP contribution >= 0.6 is 0 Å². The third-order valence-corrected chi connectivity index (χ3v) is 6.39. The zero-order valence-corrected chi connectivity index (χ0v) is 16.7. The maximum atomic E-state index is 13.3. The summed E-state index contributed by atoms with van der Waals surface area (Å²) in [7, 11) is 2.15. The Kier molecular flexibility index (Phi) is 3.61. The number of carbonyl (C=O) groups is 1. The van der Waals surface area contributed by atoms with E-state index in [9.17, 15) is 9.59 Å². The molecule has 1 aliphatic heterocycles. The number of aromatic nitrogens is 2. The van der Waals surface area contributed by atoms with Crippen LogP contribution in [-0.2, 0) is 0 Å². The smallest absolute Gasteiger partial charge is 0.272 e. The third-order valence-electron chi connectivity index (χ3n) is 6.39. The number of likely N-dealkylation sites (N-methyl/N-ethyl adjacent to an activating group) is 1. The number of carbonyl (C=O) groups excluding carboxylic acids is 1. The molecule has 4 heterocycles. The van der Waals surface area contributed by atoms with E-state index in [1.54, 1.807) is 4.40 Å². The molecule has 1 N–H and O–H groups in total. The number of fused-ring (bicyclic) bond motifs is 5. The molecule has 0 bridgehead atoms. The Morgan fingerprint density at radius 1 is 0.933 bits per heavy atom. The van der Waals surface area contributed by atoms with Crippen molar-refractivity contribution < 1.29 is 9.69 Å². The van der Waals surface area contributed by atoms with Gasteiger partial charge < -0.3 is 9.80 Å². The predicted molar refractivity (Wildman–Crippen MR) is 118 cm³/mol. The molecule has 1 aliphatic rings. The summed E-state index contributed by atoms with van der Waals surface area (Å²) in [5.74, 6) is -0.0353. The molecule has 0 atom stereocenters. The molecule has 3 aromatic heterocycles. The maximum absolute atomic E-state index is 13.3. The normalized spacial score (nSPS) is 15.7. The first kappa shape index (κ1) is 17.4. The number of benzene rings is 2. The van der Waals surface area contributed by atoms with E-state index in [0.29, 0.717) is 16.6 Å². The van der Waals surface area contributed by atoms with Crippen LogP contribution in [0.25, 0.3) is 38.1 Å². The van der Waals surface area contributed by atoms with Crippen molar-refractivity contribution >= 4 is 44.0 Å². The monoisotopic (exact) mass is 397 g/mol. The number of hydrogen-bond acceptors (Lipinski definition) is 3. The fourth-order valence-electron chi connectivity index (χ4n) is 4.75. The van der Waals surface area contributed by atoms with Crippen molar-refractivity contribution in [1.29, 1.82) is 0 Å². The second kappa shape index (κ2) is 6.24. The average Bonchev–Trinajstić information content (AvgIpc) is 3.12. The summed E-state index contributed by atoms with van der Waals surface area (Å²) in [6.45, 7) is 3.35. The molecule has 0 spiro atoms. The number of para-hydroxylation sites is 1. The summed E-state index contributed by atoms with van der Waals surface area (Å²) in [6.07, 6.45) is 0. The molecule has 30 heavy (non-hydrogen) atoms. The molecule has 0 radical (unpaired) electrons. The van der Waals surface area contributed by atoms with Crippen LogP contribution in [0.15, 0.2) is 59.4 Å². The fraction of sp³-hybridized carbons (Fsp3) is 0.208. The van der Waals surface area contributed by atoms with Gasteiger partial charge in [0.1, 0.15) is 5.69 Å². The van der Waals surface area contributed by atoms with Gasteiger partial charge in [0.15, 0.2) is 0 Å². The minimum atomic E-state index is -0.0489. The van der Waals surface area contributed by atoms with Gasteiger partial charge in [-0.05, 0) is 18.2 Å². The summed E-state index contributed by atoms with van der Waals surface area (Å²) in [4.78, 5) is 34.8. The lowest BCUT2D eigenvalue weighted by Crippen LogP contribution is -3.12. The van der Waals surface area contributed by atoms with Crippen molar-refractivity contribution in [2.45, 2.75) is 0 Å². The van der Waals surface area contributed by atoms with Gasteiger partial charge in [-0.2, -0.15) is 0 Å². The van der Waals surface area contributed by atoms with Gasteiger partial charge in [0.05, 0.1) is 49.8 Å². The number of rotatable bonds is 1. The molecular formula is C24H21N4O2+. The van der Waals surface area contributed by atoms with Crippen LogP contribution in [-0.4, -0.2) is 53.4 Å². The first-order valence-corrected chi connectivity index (χ1v) is 10.3. The first-order chi connectivity index (χ1) is 14.6. The van der Waals surface area contributed by atoms with Crippen molar-refractivity contribution in [2.75, 3.05) is 33.2 Å². The van der Waals surface area contributed by atoms with Crippen LogP contribution < -0.4 is 10.5 Å². The standard InChI is InChI=1S/C24H20N4O2/c1-26-10-12-27(13-11-26)24(30)19-14-18-15-6-4-5-9-20(15)28-22(18)21(25-19)16-7-2-3-8-17(16)23(28)29/h2-9,14H,10-13H2,1H3/p+1. The second-order valence-electron chi connectivity index (χ2n) is 8.20. The van der Waals surface area contributed by atoms with Crippen molar-refractivity contribution in [3.63, 3.8) is 0 Å². The molecule has 5 aromatic rings. The van der Waals surface area contributed by atoms with Gasteiger partial charge in [-0.3, -0.25) is 14.0 Å². The molecule has 0 aliphatic carbocycles. The number of piperazine rings is 1. The Labute approximate surface area is 172 Å². The molecule has 148 valence electrons. The molecule has 1 fully saturated rings. The van der Waals surface area contributed by atoms with Gasteiger partial charge in [0.25, 0.3) is 11.5 Å². The van der Waals surface area contributed by atoms with Crippen molar-refractivity contribution in [2.24, 2.45) is 0 Å². The molecule has 6 rings (SSSR count). The lowest BCUT2D eigenvalue weighted by molar-refractivity contribution is -0.883. The topological polar surface area (TPSA) is 59.1 Å². The van der Waals surface area contributed by atoms with Crippen molar-refractivity contribution in [3.8, 4) is 0 Å². The first-order valence-electron chi connectivity index (χ1n) is 10.3. The fourth-order valence-corrected chi connectivity index (χ4v) is 4.75. The predicted octanol–water partition coefficient (Wildman–Crippen LogP) is 1.56. The average molecular weight is 397 g/mol. The van der Waals surface area contributed by atoms with Gasteiger partial charge in [0.2, 0.25) is 0 Å². The minimum absolute atomic E-state index is 0.0353. The lowest BCUT2D eigenvalue weighted by atomic mass is 10.1. The number of amides is 1. The zero-order chi connectivity index (χ0) is 20.4. The molecule has 0 unspecified atom stereocenters. The summed E-state index contributed by atoms with van der Waals surface area (Å²) < 4.78 is 1.75. The van der Waals surface area contributed by atoms with Crippen LogP contribution in [0.4, 0.5) is 0 Å². The largest absolute Gasteiger partial charge is 0.334 e. The Morgan fingerprint density at radius 3 is 2.37 bits per heavy atom. The molecule has 1 amide bonds. The van der Waals surface area contributed by atoms with E-state index in [2.05, 4.69) is 7.05 Å². The van der Waals surface area contributed by atoms with E-state index in [4.69, 9.17) is 4.98 Å². The summed E-state index contributed by atoms with van der Waals surface area (Å²) in [5.41, 5.74) is 2.75. The van der Waals surface area contributed by atoms with Crippen molar-refractivity contribution in [3.05, 3.63) is 70.6 Å². The van der Waals surface area contributed by atoms with Gasteiger partial charge in [-0.15, -0.1) is 0 Å². The lowest BCUT2D eigenvalue weighted by Gasteiger charge is -2.29. The van der Waals surface area contributed by atoms with E-state index in [0.717, 1.165) is 53.4 Å². The second-order valence-corrected chi connectivity index (χ2v) is 8.20. The SMILES string of the molecule is C[NH+]1CCN(C(=O)c2cc3c4ccccc4n4c(=O)c5ccccc5c(n2)c34)CC1. The molecule has 2 aromatic carbocycles. The Morgan fingerprint density at radius 2 is 1.60 bits per heavy atom. The zero-order valence-electron chi connectivity index (χ0n) is 16.7. The highest BCUT2D eigenvalue weighted by atomic mass is 16.2. The molecule has 0 saturated carbocycles. The molecule has 6 nitrogen and oxygen atoms in total. The number of nitrogens with one attached hydrogen (secondary N) is 1. The molecular weight excluding hydrogens is 376 g/mol. The van der Waals surface area contributed by atoms with Crippen LogP contribution in [0.1, 0.15) is 10.5 Å². The summed E-state index contributed by atoms with van der Waals surface area (Å²) in [6, 6.07) is 17.3. The Bertz CT molecular complexity index is 1510. The Hall–Kier alpha value is -3.51. The highest BCUT2D eigenvalue weighted by molar-refractivity contribution is 6.20. The van der Waals surface area contributed by atoms with Crippen molar-refractivity contribution in [1.82, 2.24) is 14.3 Å². The van der Waals surface area contributed by atoms with Gasteiger partial charge in [-0.25, -0.2) is 4.98 Å². The van der Waals surface area contributed by atoms with Gasteiger partial charge in [-0.1, -0.05) is 36.4 Å². The summed E-state index contributed by atoms with van der Waals surface area (Å²) in [5, 5.41) is 3.28. The van der Waals surface area contributed by atoms with Crippen LogP contribution in [0, 0.1) is 0 Å². The van der Waals surface area contributed by atoms with E-state index >= 15 is 0 Å². The van der Waals surface area contributed by atoms with Gasteiger partial charge >= 0.3 is 0 Å². The minimum Gasteiger partial charge on any atom is -0.334 e. The van der Waals surface area contributed by atoms with Crippen LogP contribution in [0.5, 0.6) is 0 Å². The Balaban J connectivity index is 1.71. The van der Waals surface area contributed by atoms with Crippen LogP contribution in [0.3, 0.4) is 0 Å². The third kappa shape index (κ3) is 2.31. The van der Waals surface area contributed by atoms with Gasteiger partial charge in [0, 0.05) is 21.5 Å². The van der Waals surface area contributed by atoms with E-state index in [-0.39, 0.29) is 11.5 Å².